The maximum Gasteiger partial charge on any atom is 0.0535 e. The van der Waals surface area contributed by atoms with Gasteiger partial charge in [0.05, 0.1) is 11.4 Å². The molecule has 4 aromatic carbocycles. The average molecular weight is 465 g/mol. The first kappa shape index (κ1) is 22.5. The van der Waals surface area contributed by atoms with Crippen molar-refractivity contribution in [3.05, 3.63) is 120 Å². The van der Waals surface area contributed by atoms with E-state index in [0.717, 1.165) is 50.7 Å². The second kappa shape index (κ2) is 9.89. The Morgan fingerprint density at radius 1 is 0.417 bits per heavy atom. The van der Waals surface area contributed by atoms with Crippen molar-refractivity contribution in [2.45, 2.75) is 0 Å². The highest BCUT2D eigenvalue weighted by atomic mass is 15.0. The van der Waals surface area contributed by atoms with E-state index < -0.39 is 0 Å². The second-order valence-corrected chi connectivity index (χ2v) is 8.35. The van der Waals surface area contributed by atoms with Gasteiger partial charge in [-0.15, -0.1) is 0 Å². The van der Waals surface area contributed by atoms with Gasteiger partial charge in [-0.25, -0.2) is 0 Å². The van der Waals surface area contributed by atoms with E-state index in [2.05, 4.69) is 52.5 Å². The monoisotopic (exact) mass is 464 g/mol. The van der Waals surface area contributed by atoms with Gasteiger partial charge in [-0.3, -0.25) is 0 Å². The molecule has 4 heteroatoms. The van der Waals surface area contributed by atoms with Gasteiger partial charge in [-0.1, -0.05) is 36.1 Å². The van der Waals surface area contributed by atoms with E-state index in [-0.39, 0.29) is 0 Å². The predicted octanol–water partition coefficient (Wildman–Crippen LogP) is 5.96. The molecule has 0 aliphatic heterocycles. The van der Waals surface area contributed by atoms with Crippen molar-refractivity contribution in [2.24, 2.45) is 0 Å². The van der Waals surface area contributed by atoms with Crippen LogP contribution in [0.5, 0.6) is 0 Å². The maximum absolute atomic E-state index is 5.92. The van der Waals surface area contributed by atoms with Crippen molar-refractivity contribution in [1.82, 2.24) is 4.57 Å². The highest BCUT2D eigenvalue weighted by Gasteiger charge is 2.13. The van der Waals surface area contributed by atoms with Crippen LogP contribution in [-0.4, -0.2) is 4.57 Å². The van der Waals surface area contributed by atoms with E-state index in [1.165, 1.54) is 0 Å². The zero-order valence-electron chi connectivity index (χ0n) is 19.6. The van der Waals surface area contributed by atoms with Crippen molar-refractivity contribution in [2.75, 3.05) is 17.2 Å². The van der Waals surface area contributed by atoms with Gasteiger partial charge in [-0.2, -0.15) is 0 Å². The molecule has 0 aliphatic rings. The van der Waals surface area contributed by atoms with Crippen LogP contribution < -0.4 is 17.2 Å². The fraction of sp³-hybridized carbons (Fsp3) is 0. The molecule has 0 atom stereocenters. The molecule has 0 amide bonds. The lowest BCUT2D eigenvalue weighted by molar-refractivity contribution is 1.09. The quantitative estimate of drug-likeness (QED) is 0.228. The summed E-state index contributed by atoms with van der Waals surface area (Å²) in [6.07, 6.45) is 0. The van der Waals surface area contributed by atoms with Crippen LogP contribution in [0.1, 0.15) is 11.1 Å². The van der Waals surface area contributed by atoms with E-state index >= 15 is 0 Å². The lowest BCUT2D eigenvalue weighted by atomic mass is 10.1. The number of hydrogen-bond acceptors (Lipinski definition) is 3. The van der Waals surface area contributed by atoms with Gasteiger partial charge < -0.3 is 21.8 Å². The zero-order valence-corrected chi connectivity index (χ0v) is 19.6. The number of benzene rings is 4. The van der Waals surface area contributed by atoms with Crippen molar-refractivity contribution in [3.63, 3.8) is 0 Å². The Balaban J connectivity index is 1.49. The Morgan fingerprint density at radius 3 is 1.19 bits per heavy atom. The molecule has 0 bridgehead atoms. The molecular weight excluding hydrogens is 440 g/mol. The first-order chi connectivity index (χ1) is 17.6. The standard InChI is InChI=1S/C32H24N4/c33-27-13-5-23(6-14-27)3-1-2-4-24-7-19-30(20-8-24)36-31(25-9-15-28(34)16-10-25)21-22-32(36)26-11-17-29(35)18-12-26/h5-22H,33-35H2. The molecule has 0 spiro atoms. The van der Waals surface area contributed by atoms with E-state index in [1.54, 1.807) is 0 Å². The molecular formula is C32H24N4. The topological polar surface area (TPSA) is 83.0 Å². The summed E-state index contributed by atoms with van der Waals surface area (Å²) in [7, 11) is 0. The van der Waals surface area contributed by atoms with E-state index in [0.29, 0.717) is 5.69 Å². The van der Waals surface area contributed by atoms with Crippen LogP contribution in [0.4, 0.5) is 17.1 Å². The molecule has 172 valence electrons. The Morgan fingerprint density at radius 2 is 0.778 bits per heavy atom. The van der Waals surface area contributed by atoms with Gasteiger partial charge in [0.25, 0.3) is 0 Å². The molecule has 0 saturated carbocycles. The first-order valence-electron chi connectivity index (χ1n) is 11.5. The average Bonchev–Trinajstić information content (AvgIpc) is 3.34. The fourth-order valence-electron chi connectivity index (χ4n) is 3.94. The normalized spacial score (nSPS) is 10.1. The van der Waals surface area contributed by atoms with Crippen LogP contribution >= 0.6 is 0 Å². The Labute approximate surface area is 211 Å². The van der Waals surface area contributed by atoms with Gasteiger partial charge in [0.2, 0.25) is 0 Å². The van der Waals surface area contributed by atoms with Gasteiger partial charge >= 0.3 is 0 Å². The molecule has 6 N–H and O–H groups in total. The number of nitrogens with two attached hydrogens (primary N) is 3. The highest BCUT2D eigenvalue weighted by Crippen LogP contribution is 2.33. The Kier molecular flexibility index (Phi) is 6.17. The number of nitrogen functional groups attached to an aromatic ring is 3. The van der Waals surface area contributed by atoms with Crippen LogP contribution in [0, 0.1) is 23.7 Å². The van der Waals surface area contributed by atoms with Crippen LogP contribution in [0.15, 0.2) is 109 Å². The summed E-state index contributed by atoms with van der Waals surface area (Å²) in [5.74, 6) is 12.0. The molecule has 1 heterocycles. The maximum atomic E-state index is 5.92. The summed E-state index contributed by atoms with van der Waals surface area (Å²) >= 11 is 0. The summed E-state index contributed by atoms with van der Waals surface area (Å²) in [5.41, 5.74) is 26.8. The molecule has 0 aliphatic carbocycles. The number of aromatic nitrogens is 1. The van der Waals surface area contributed by atoms with Crippen molar-refractivity contribution in [1.29, 1.82) is 0 Å². The third kappa shape index (κ3) is 4.94. The molecule has 5 aromatic rings. The summed E-state index contributed by atoms with van der Waals surface area (Å²) in [4.78, 5) is 0. The number of rotatable bonds is 3. The molecule has 0 radical (unpaired) electrons. The van der Waals surface area contributed by atoms with Gasteiger partial charge in [-0.05, 0) is 108 Å². The summed E-state index contributed by atoms with van der Waals surface area (Å²) in [5, 5.41) is 0. The second-order valence-electron chi connectivity index (χ2n) is 8.35. The molecule has 36 heavy (non-hydrogen) atoms. The smallest absolute Gasteiger partial charge is 0.0535 e. The lowest BCUT2D eigenvalue weighted by Gasteiger charge is -2.15. The number of anilines is 3. The largest absolute Gasteiger partial charge is 0.399 e. The van der Waals surface area contributed by atoms with Crippen LogP contribution in [0.25, 0.3) is 28.2 Å². The summed E-state index contributed by atoms with van der Waals surface area (Å²) < 4.78 is 2.23. The van der Waals surface area contributed by atoms with Crippen LogP contribution in [-0.2, 0) is 0 Å². The van der Waals surface area contributed by atoms with Gasteiger partial charge in [0.15, 0.2) is 0 Å². The summed E-state index contributed by atoms with van der Waals surface area (Å²) in [6.45, 7) is 0. The van der Waals surface area contributed by atoms with Gasteiger partial charge in [0.1, 0.15) is 0 Å². The molecule has 4 nitrogen and oxygen atoms in total. The lowest BCUT2D eigenvalue weighted by Crippen LogP contribution is -2.00. The highest BCUT2D eigenvalue weighted by molar-refractivity contribution is 5.74. The minimum atomic E-state index is 0.716. The van der Waals surface area contributed by atoms with Crippen LogP contribution in [0.2, 0.25) is 0 Å². The third-order valence-corrected chi connectivity index (χ3v) is 5.81. The SMILES string of the molecule is Nc1ccc(C#CC#Cc2ccc(-n3c(-c4ccc(N)cc4)ccc3-c3ccc(N)cc3)cc2)cc1. The molecule has 0 fully saturated rings. The van der Waals surface area contributed by atoms with Gasteiger partial charge in [0, 0.05) is 33.9 Å². The minimum Gasteiger partial charge on any atom is -0.399 e. The van der Waals surface area contributed by atoms with Crippen molar-refractivity contribution < 1.29 is 0 Å². The van der Waals surface area contributed by atoms with E-state index in [1.807, 2.05) is 84.9 Å². The van der Waals surface area contributed by atoms with E-state index in [9.17, 15) is 0 Å². The molecule has 0 unspecified atom stereocenters. The van der Waals surface area contributed by atoms with E-state index in [4.69, 9.17) is 17.2 Å². The first-order valence-corrected chi connectivity index (χ1v) is 11.5. The zero-order chi connectivity index (χ0) is 24.9. The van der Waals surface area contributed by atoms with Crippen LogP contribution in [0.3, 0.4) is 0 Å². The van der Waals surface area contributed by atoms with Crippen molar-refractivity contribution >= 4 is 17.1 Å². The minimum absolute atomic E-state index is 0.716. The predicted molar refractivity (Wildman–Crippen MR) is 150 cm³/mol. The van der Waals surface area contributed by atoms with Crippen molar-refractivity contribution in [3.8, 4) is 51.9 Å². The fourth-order valence-corrected chi connectivity index (χ4v) is 3.94. The number of nitrogens with zero attached hydrogens (tertiary/aromatic N) is 1. The molecule has 5 rings (SSSR count). The third-order valence-electron chi connectivity index (χ3n) is 5.81. The molecule has 0 saturated heterocycles. The Hall–Kier alpha value is -5.32. The Bertz CT molecular complexity index is 1550. The molecule has 1 aromatic heterocycles. The number of hydrogen-bond donors (Lipinski definition) is 3. The summed E-state index contributed by atoms with van der Waals surface area (Å²) in [6, 6.07) is 35.6.